The quantitative estimate of drug-likeness (QED) is 0.493. The average Bonchev–Trinajstić information content (AvgIpc) is 3.20. The predicted molar refractivity (Wildman–Crippen MR) is 145 cm³/mol. The van der Waals surface area contributed by atoms with E-state index in [-0.39, 0.29) is 17.7 Å². The lowest BCUT2D eigenvalue weighted by atomic mass is 9.92. The van der Waals surface area contributed by atoms with Crippen molar-refractivity contribution in [1.82, 2.24) is 14.8 Å². The maximum atomic E-state index is 12.8. The molecule has 6 heteroatoms. The molecule has 3 aromatic rings. The molecule has 5 rings (SSSR count). The molecule has 1 saturated heterocycles. The van der Waals surface area contributed by atoms with Gasteiger partial charge in [-0.05, 0) is 68.1 Å². The number of amides is 2. The van der Waals surface area contributed by atoms with Crippen molar-refractivity contribution < 1.29 is 9.59 Å². The van der Waals surface area contributed by atoms with Gasteiger partial charge in [0, 0.05) is 48.3 Å². The molecule has 0 unspecified atom stereocenters. The number of hydrogen-bond acceptors (Lipinski definition) is 3. The van der Waals surface area contributed by atoms with Gasteiger partial charge in [-0.15, -0.1) is 0 Å². The Morgan fingerprint density at radius 2 is 1.72 bits per heavy atom. The maximum absolute atomic E-state index is 12.8. The van der Waals surface area contributed by atoms with E-state index in [0.29, 0.717) is 12.5 Å². The number of anilines is 1. The fourth-order valence-corrected chi connectivity index (χ4v) is 5.87. The van der Waals surface area contributed by atoms with Crippen molar-refractivity contribution in [2.45, 2.75) is 64.0 Å². The van der Waals surface area contributed by atoms with Crippen molar-refractivity contribution >= 4 is 28.4 Å². The summed E-state index contributed by atoms with van der Waals surface area (Å²) in [6.07, 6.45) is 10.3. The van der Waals surface area contributed by atoms with E-state index in [9.17, 15) is 9.59 Å². The summed E-state index contributed by atoms with van der Waals surface area (Å²) < 4.78 is 2.07. The zero-order valence-corrected chi connectivity index (χ0v) is 21.3. The first kappa shape index (κ1) is 24.6. The lowest BCUT2D eigenvalue weighted by Gasteiger charge is -2.32. The standard InChI is InChI=1S/C30H38N4O2/c1-33-21-24(27-12-5-6-13-28(27)33)19-29(35)31-26-11-7-8-22(18-26)20-34-16-14-23(15-17-34)30(36)32-25-9-3-2-4-10-25/h5-8,11-13,18,21,23,25H,2-4,9-10,14-17,19-20H2,1H3,(H,31,35)(H,32,36). The number of piperidine rings is 1. The van der Waals surface area contributed by atoms with Crippen LogP contribution in [0.15, 0.2) is 54.7 Å². The molecule has 190 valence electrons. The minimum absolute atomic E-state index is 0.00621. The molecule has 36 heavy (non-hydrogen) atoms. The lowest BCUT2D eigenvalue weighted by molar-refractivity contribution is -0.127. The van der Waals surface area contributed by atoms with Gasteiger partial charge in [0.1, 0.15) is 0 Å². The Morgan fingerprint density at radius 3 is 2.53 bits per heavy atom. The summed E-state index contributed by atoms with van der Waals surface area (Å²) in [5.74, 6) is 0.397. The van der Waals surface area contributed by atoms with Gasteiger partial charge >= 0.3 is 0 Å². The molecule has 2 heterocycles. The molecule has 1 aliphatic carbocycles. The van der Waals surface area contributed by atoms with Gasteiger partial charge in [0.2, 0.25) is 11.8 Å². The van der Waals surface area contributed by atoms with Gasteiger partial charge in [0.05, 0.1) is 6.42 Å². The molecule has 1 aromatic heterocycles. The number of hydrogen-bond donors (Lipinski definition) is 2. The molecule has 6 nitrogen and oxygen atoms in total. The number of benzene rings is 2. The van der Waals surface area contributed by atoms with E-state index in [2.05, 4.69) is 44.4 Å². The number of para-hydroxylation sites is 1. The molecule has 2 aliphatic rings. The van der Waals surface area contributed by atoms with Gasteiger partial charge in [-0.25, -0.2) is 0 Å². The van der Waals surface area contributed by atoms with E-state index in [4.69, 9.17) is 0 Å². The average molecular weight is 487 g/mol. The van der Waals surface area contributed by atoms with Crippen LogP contribution < -0.4 is 10.6 Å². The van der Waals surface area contributed by atoms with E-state index in [0.717, 1.165) is 67.5 Å². The van der Waals surface area contributed by atoms with Gasteiger partial charge < -0.3 is 15.2 Å². The summed E-state index contributed by atoms with van der Waals surface area (Å²) in [5.41, 5.74) is 4.19. The van der Waals surface area contributed by atoms with Crippen LogP contribution in [0.4, 0.5) is 5.69 Å². The van der Waals surface area contributed by atoms with Crippen molar-refractivity contribution in [1.29, 1.82) is 0 Å². The Bertz CT molecular complexity index is 1200. The van der Waals surface area contributed by atoms with Gasteiger partial charge in [-0.2, -0.15) is 0 Å². The first-order chi connectivity index (χ1) is 17.5. The largest absolute Gasteiger partial charge is 0.353 e. The molecular formula is C30H38N4O2. The Balaban J connectivity index is 1.11. The first-order valence-electron chi connectivity index (χ1n) is 13.5. The maximum Gasteiger partial charge on any atom is 0.228 e. The SMILES string of the molecule is Cn1cc(CC(=O)Nc2cccc(CN3CCC(C(=O)NC4CCCCC4)CC3)c2)c2ccccc21. The second-order valence-corrected chi connectivity index (χ2v) is 10.6. The third-order valence-corrected chi connectivity index (χ3v) is 7.86. The number of aryl methyl sites for hydroxylation is 1. The van der Waals surface area contributed by atoms with Gasteiger partial charge in [0.15, 0.2) is 0 Å². The first-order valence-corrected chi connectivity index (χ1v) is 13.5. The highest BCUT2D eigenvalue weighted by molar-refractivity contribution is 5.96. The highest BCUT2D eigenvalue weighted by Gasteiger charge is 2.27. The minimum Gasteiger partial charge on any atom is -0.353 e. The number of likely N-dealkylation sites (tertiary alicyclic amines) is 1. The number of carbonyl (C=O) groups excluding carboxylic acids is 2. The van der Waals surface area contributed by atoms with Gasteiger partial charge in [-0.3, -0.25) is 14.5 Å². The fourth-order valence-electron chi connectivity index (χ4n) is 5.87. The number of rotatable bonds is 7. The molecule has 1 aliphatic heterocycles. The molecular weight excluding hydrogens is 448 g/mol. The van der Waals surface area contributed by atoms with E-state index in [1.807, 2.05) is 37.5 Å². The highest BCUT2D eigenvalue weighted by atomic mass is 16.2. The molecule has 2 aromatic carbocycles. The van der Waals surface area contributed by atoms with Crippen LogP contribution in [0.3, 0.4) is 0 Å². The third-order valence-electron chi connectivity index (χ3n) is 7.86. The smallest absolute Gasteiger partial charge is 0.228 e. The molecule has 0 radical (unpaired) electrons. The molecule has 1 saturated carbocycles. The van der Waals surface area contributed by atoms with Crippen molar-refractivity contribution in [3.05, 3.63) is 65.9 Å². The molecule has 2 amide bonds. The fraction of sp³-hybridized carbons (Fsp3) is 0.467. The van der Waals surface area contributed by atoms with Gasteiger partial charge in [0.25, 0.3) is 0 Å². The number of nitrogens with zero attached hydrogens (tertiary/aromatic N) is 2. The third kappa shape index (κ3) is 5.98. The van der Waals surface area contributed by atoms with Gasteiger partial charge in [-0.1, -0.05) is 49.6 Å². The van der Waals surface area contributed by atoms with Crippen LogP contribution in [0.5, 0.6) is 0 Å². The van der Waals surface area contributed by atoms with E-state index < -0.39 is 0 Å². The van der Waals surface area contributed by atoms with Crippen molar-refractivity contribution in [3.8, 4) is 0 Å². The lowest BCUT2D eigenvalue weighted by Crippen LogP contribution is -2.44. The Morgan fingerprint density at radius 1 is 0.944 bits per heavy atom. The van der Waals surface area contributed by atoms with E-state index >= 15 is 0 Å². The number of nitrogens with one attached hydrogen (secondary N) is 2. The predicted octanol–water partition coefficient (Wildman–Crippen LogP) is 5.02. The second kappa shape index (κ2) is 11.3. The molecule has 2 N–H and O–H groups in total. The summed E-state index contributed by atoms with van der Waals surface area (Å²) >= 11 is 0. The highest BCUT2D eigenvalue weighted by Crippen LogP contribution is 2.24. The summed E-state index contributed by atoms with van der Waals surface area (Å²) in [5, 5.41) is 7.52. The van der Waals surface area contributed by atoms with E-state index in [1.165, 1.54) is 24.8 Å². The Kier molecular flexibility index (Phi) is 7.71. The minimum atomic E-state index is -0.00621. The van der Waals surface area contributed by atoms with Crippen molar-refractivity contribution in [3.63, 3.8) is 0 Å². The second-order valence-electron chi connectivity index (χ2n) is 10.6. The molecule has 0 bridgehead atoms. The van der Waals surface area contributed by atoms with Crippen molar-refractivity contribution in [2.24, 2.45) is 13.0 Å². The normalized spacial score (nSPS) is 17.8. The van der Waals surface area contributed by atoms with Crippen LogP contribution in [-0.4, -0.2) is 40.4 Å². The summed E-state index contributed by atoms with van der Waals surface area (Å²) in [6.45, 7) is 2.70. The number of fused-ring (bicyclic) bond motifs is 1. The number of carbonyl (C=O) groups is 2. The van der Waals surface area contributed by atoms with Crippen LogP contribution in [0.25, 0.3) is 10.9 Å². The summed E-state index contributed by atoms with van der Waals surface area (Å²) in [7, 11) is 2.01. The molecule has 0 atom stereocenters. The van der Waals surface area contributed by atoms with Crippen LogP contribution in [0, 0.1) is 5.92 Å². The zero-order valence-electron chi connectivity index (χ0n) is 21.3. The van der Waals surface area contributed by atoms with Crippen LogP contribution in [-0.2, 0) is 29.6 Å². The van der Waals surface area contributed by atoms with Crippen molar-refractivity contribution in [2.75, 3.05) is 18.4 Å². The Labute approximate surface area is 214 Å². The zero-order chi connectivity index (χ0) is 24.9. The van der Waals surface area contributed by atoms with E-state index in [1.54, 1.807) is 0 Å². The summed E-state index contributed by atoms with van der Waals surface area (Å²) in [6, 6.07) is 16.7. The van der Waals surface area contributed by atoms with Crippen LogP contribution >= 0.6 is 0 Å². The molecule has 0 spiro atoms. The number of aromatic nitrogens is 1. The molecule has 2 fully saturated rings. The topological polar surface area (TPSA) is 66.4 Å². The monoisotopic (exact) mass is 486 g/mol. The van der Waals surface area contributed by atoms with Crippen LogP contribution in [0.1, 0.15) is 56.1 Å². The Hall–Kier alpha value is -3.12. The summed E-state index contributed by atoms with van der Waals surface area (Å²) in [4.78, 5) is 27.9. The van der Waals surface area contributed by atoms with Crippen LogP contribution in [0.2, 0.25) is 0 Å².